The summed E-state index contributed by atoms with van der Waals surface area (Å²) in [6.07, 6.45) is 2.24. The number of carbonyl (C=O) groups is 1. The summed E-state index contributed by atoms with van der Waals surface area (Å²) in [4.78, 5) is 11.2. The predicted octanol–water partition coefficient (Wildman–Crippen LogP) is 1.35. The Labute approximate surface area is 101 Å². The maximum atomic E-state index is 11.2. The zero-order valence-corrected chi connectivity index (χ0v) is 10.8. The van der Waals surface area contributed by atoms with Gasteiger partial charge >= 0.3 is 5.97 Å². The van der Waals surface area contributed by atoms with E-state index < -0.39 is 11.5 Å². The van der Waals surface area contributed by atoms with E-state index in [9.17, 15) is 9.90 Å². The van der Waals surface area contributed by atoms with Crippen LogP contribution in [-0.4, -0.2) is 47.9 Å². The molecule has 0 radical (unpaired) electrons. The molecular weight excluding hydrogens is 226 g/mol. The van der Waals surface area contributed by atoms with Gasteiger partial charge in [0.2, 0.25) is 0 Å². The molecule has 0 aromatic heterocycles. The highest BCUT2D eigenvalue weighted by atomic mass is 32.2. The van der Waals surface area contributed by atoms with Crippen LogP contribution in [-0.2, 0) is 9.53 Å². The molecule has 0 spiro atoms. The van der Waals surface area contributed by atoms with Crippen LogP contribution < -0.4 is 5.32 Å². The molecule has 1 aliphatic heterocycles. The number of nitrogens with one attached hydrogen (secondary N) is 1. The lowest BCUT2D eigenvalue weighted by Crippen LogP contribution is -2.49. The lowest BCUT2D eigenvalue weighted by atomic mass is 9.91. The number of hydrogen-bond acceptors (Lipinski definition) is 4. The molecular formula is C11H21NO3S. The Bertz CT molecular complexity index is 227. The van der Waals surface area contributed by atoms with Crippen LogP contribution in [0.25, 0.3) is 0 Å². The van der Waals surface area contributed by atoms with Gasteiger partial charge in [-0.05, 0) is 32.1 Å². The van der Waals surface area contributed by atoms with Gasteiger partial charge in [0.05, 0.1) is 18.5 Å². The standard InChI is InChI=1S/C11H21NO3S/c1-3-11(12-2,10(13)14)5-4-6-16-9-7-15-8-9/h9,12H,3-8H2,1-2H3,(H,13,14). The average Bonchev–Trinajstić information content (AvgIpc) is 2.21. The summed E-state index contributed by atoms with van der Waals surface area (Å²) in [6.45, 7) is 3.63. The number of carboxylic acid groups (broad SMARTS) is 1. The van der Waals surface area contributed by atoms with E-state index in [4.69, 9.17) is 4.74 Å². The number of carboxylic acids is 1. The molecule has 0 amide bonds. The van der Waals surface area contributed by atoms with Crippen molar-refractivity contribution in [1.82, 2.24) is 5.32 Å². The van der Waals surface area contributed by atoms with Crippen molar-refractivity contribution < 1.29 is 14.6 Å². The highest BCUT2D eigenvalue weighted by Gasteiger charge is 2.34. The van der Waals surface area contributed by atoms with Crippen LogP contribution in [0.3, 0.4) is 0 Å². The predicted molar refractivity (Wildman–Crippen MR) is 66.0 cm³/mol. The fourth-order valence-electron chi connectivity index (χ4n) is 1.78. The van der Waals surface area contributed by atoms with Crippen molar-refractivity contribution in [3.63, 3.8) is 0 Å². The van der Waals surface area contributed by atoms with Crippen LogP contribution >= 0.6 is 11.8 Å². The number of ether oxygens (including phenoxy) is 1. The Morgan fingerprint density at radius 2 is 2.31 bits per heavy atom. The van der Waals surface area contributed by atoms with Crippen molar-refractivity contribution in [2.45, 2.75) is 37.0 Å². The molecule has 16 heavy (non-hydrogen) atoms. The second-order valence-corrected chi connectivity index (χ2v) is 5.53. The lowest BCUT2D eigenvalue weighted by Gasteiger charge is -2.29. The highest BCUT2D eigenvalue weighted by molar-refractivity contribution is 8.00. The van der Waals surface area contributed by atoms with Crippen LogP contribution in [0.2, 0.25) is 0 Å². The normalized spacial score (nSPS) is 20.1. The van der Waals surface area contributed by atoms with Crippen molar-refractivity contribution in [3.8, 4) is 0 Å². The van der Waals surface area contributed by atoms with E-state index in [-0.39, 0.29) is 0 Å². The summed E-state index contributed by atoms with van der Waals surface area (Å²) < 4.78 is 5.09. The van der Waals surface area contributed by atoms with Gasteiger partial charge in [-0.3, -0.25) is 4.79 Å². The summed E-state index contributed by atoms with van der Waals surface area (Å²) in [6, 6.07) is 0. The highest BCUT2D eigenvalue weighted by Crippen LogP contribution is 2.23. The van der Waals surface area contributed by atoms with E-state index in [0.29, 0.717) is 18.1 Å². The topological polar surface area (TPSA) is 58.6 Å². The second kappa shape index (κ2) is 6.47. The molecule has 1 aliphatic rings. The van der Waals surface area contributed by atoms with Gasteiger partial charge < -0.3 is 15.2 Å². The van der Waals surface area contributed by atoms with E-state index in [1.165, 1.54) is 0 Å². The first kappa shape index (κ1) is 13.8. The van der Waals surface area contributed by atoms with E-state index in [2.05, 4.69) is 5.32 Å². The molecule has 0 bridgehead atoms. The van der Waals surface area contributed by atoms with Crippen molar-refractivity contribution in [2.24, 2.45) is 0 Å². The van der Waals surface area contributed by atoms with Crippen LogP contribution in [0.15, 0.2) is 0 Å². The van der Waals surface area contributed by atoms with Crippen LogP contribution in [0.5, 0.6) is 0 Å². The molecule has 1 heterocycles. The Hall–Kier alpha value is -0.260. The summed E-state index contributed by atoms with van der Waals surface area (Å²) in [5, 5.41) is 12.8. The smallest absolute Gasteiger partial charge is 0.323 e. The van der Waals surface area contributed by atoms with Crippen LogP contribution in [0, 0.1) is 0 Å². The third kappa shape index (κ3) is 3.37. The number of likely N-dealkylation sites (N-methyl/N-ethyl adjacent to an activating group) is 1. The van der Waals surface area contributed by atoms with E-state index in [1.54, 1.807) is 7.05 Å². The molecule has 0 aliphatic carbocycles. The van der Waals surface area contributed by atoms with Crippen molar-refractivity contribution in [2.75, 3.05) is 26.0 Å². The Morgan fingerprint density at radius 3 is 2.69 bits per heavy atom. The average molecular weight is 247 g/mol. The summed E-state index contributed by atoms with van der Waals surface area (Å²) >= 11 is 1.89. The van der Waals surface area contributed by atoms with E-state index >= 15 is 0 Å². The number of rotatable bonds is 8. The first-order valence-electron chi connectivity index (χ1n) is 5.76. The van der Waals surface area contributed by atoms with Gasteiger partial charge in [0.15, 0.2) is 0 Å². The molecule has 4 nitrogen and oxygen atoms in total. The van der Waals surface area contributed by atoms with E-state index in [0.717, 1.165) is 25.4 Å². The van der Waals surface area contributed by atoms with E-state index in [1.807, 2.05) is 18.7 Å². The molecule has 1 rings (SSSR count). The van der Waals surface area contributed by atoms with Gasteiger partial charge in [0.1, 0.15) is 5.54 Å². The minimum Gasteiger partial charge on any atom is -0.480 e. The van der Waals surface area contributed by atoms with Crippen LogP contribution in [0.1, 0.15) is 26.2 Å². The fraction of sp³-hybridized carbons (Fsp3) is 0.909. The third-order valence-electron chi connectivity index (χ3n) is 3.20. The van der Waals surface area contributed by atoms with Crippen molar-refractivity contribution in [1.29, 1.82) is 0 Å². The summed E-state index contributed by atoms with van der Waals surface area (Å²) in [5.41, 5.74) is -0.739. The maximum Gasteiger partial charge on any atom is 0.323 e. The monoisotopic (exact) mass is 247 g/mol. The largest absolute Gasteiger partial charge is 0.480 e. The quantitative estimate of drug-likeness (QED) is 0.634. The van der Waals surface area contributed by atoms with Crippen molar-refractivity contribution in [3.05, 3.63) is 0 Å². The first-order chi connectivity index (χ1) is 7.64. The third-order valence-corrected chi connectivity index (χ3v) is 4.47. The fourth-order valence-corrected chi connectivity index (χ4v) is 2.81. The molecule has 5 heteroatoms. The molecule has 2 N–H and O–H groups in total. The number of thioether (sulfide) groups is 1. The van der Waals surface area contributed by atoms with Gasteiger partial charge in [-0.1, -0.05) is 6.92 Å². The Balaban J connectivity index is 2.23. The summed E-state index contributed by atoms with van der Waals surface area (Å²) in [7, 11) is 1.73. The molecule has 1 unspecified atom stereocenters. The summed E-state index contributed by atoms with van der Waals surface area (Å²) in [5.74, 6) is 0.277. The molecule has 0 aromatic carbocycles. The Kier molecular flexibility index (Phi) is 5.58. The minimum absolute atomic E-state index is 0.621. The lowest BCUT2D eigenvalue weighted by molar-refractivity contribution is -0.145. The SMILES string of the molecule is CCC(CCCSC1COC1)(NC)C(=O)O. The molecule has 1 fully saturated rings. The van der Waals surface area contributed by atoms with Gasteiger partial charge in [-0.2, -0.15) is 11.8 Å². The maximum absolute atomic E-state index is 11.2. The number of aliphatic carboxylic acids is 1. The van der Waals surface area contributed by atoms with Gasteiger partial charge in [0.25, 0.3) is 0 Å². The number of hydrogen-bond donors (Lipinski definition) is 2. The van der Waals surface area contributed by atoms with Crippen molar-refractivity contribution >= 4 is 17.7 Å². The zero-order chi connectivity index (χ0) is 12.0. The molecule has 0 aromatic rings. The van der Waals surface area contributed by atoms with Gasteiger partial charge in [-0.15, -0.1) is 0 Å². The van der Waals surface area contributed by atoms with Gasteiger partial charge in [-0.25, -0.2) is 0 Å². The minimum atomic E-state index is -0.741. The Morgan fingerprint density at radius 1 is 1.62 bits per heavy atom. The van der Waals surface area contributed by atoms with Gasteiger partial charge in [0, 0.05) is 0 Å². The first-order valence-corrected chi connectivity index (χ1v) is 6.81. The second-order valence-electron chi connectivity index (χ2n) is 4.12. The zero-order valence-electron chi connectivity index (χ0n) is 9.99. The molecule has 1 saturated heterocycles. The van der Waals surface area contributed by atoms with Crippen LogP contribution in [0.4, 0.5) is 0 Å². The molecule has 94 valence electrons. The molecule has 1 atom stereocenters. The molecule has 0 saturated carbocycles.